The molecule has 4 heteroatoms. The molecule has 0 unspecified atom stereocenters. The van der Waals surface area contributed by atoms with Crippen molar-refractivity contribution >= 4 is 5.91 Å². The molecular weight excluding hydrogens is 278 g/mol. The Bertz CT molecular complexity index is 799. The van der Waals surface area contributed by atoms with Crippen LogP contribution in [0.1, 0.15) is 33.1 Å². The van der Waals surface area contributed by atoms with Crippen molar-refractivity contribution in [2.75, 3.05) is 13.3 Å². The number of benzene rings is 2. The minimum Gasteiger partial charge on any atom is -0.454 e. The van der Waals surface area contributed by atoms with Gasteiger partial charge < -0.3 is 14.4 Å². The minimum absolute atomic E-state index is 0.110. The molecule has 1 amide bonds. The SMILES string of the molecule is O=C1c2cc3c(cc2C[C@@H]2c4ccccc4CCN12)OCO3. The van der Waals surface area contributed by atoms with Crippen molar-refractivity contribution in [2.24, 2.45) is 0 Å². The zero-order chi connectivity index (χ0) is 14.7. The second-order valence-corrected chi connectivity index (χ2v) is 6.03. The maximum atomic E-state index is 12.9. The van der Waals surface area contributed by atoms with Gasteiger partial charge in [0.05, 0.1) is 6.04 Å². The lowest BCUT2D eigenvalue weighted by Crippen LogP contribution is -2.44. The summed E-state index contributed by atoms with van der Waals surface area (Å²) in [6.45, 7) is 1.02. The summed E-state index contributed by atoms with van der Waals surface area (Å²) in [7, 11) is 0. The van der Waals surface area contributed by atoms with Crippen molar-refractivity contribution in [3.05, 3.63) is 58.7 Å². The van der Waals surface area contributed by atoms with Crippen LogP contribution in [0.4, 0.5) is 0 Å². The van der Waals surface area contributed by atoms with Crippen LogP contribution >= 0.6 is 0 Å². The zero-order valence-electron chi connectivity index (χ0n) is 12.0. The average Bonchev–Trinajstić information content (AvgIpc) is 3.01. The normalized spacial score (nSPS) is 21.2. The molecule has 22 heavy (non-hydrogen) atoms. The molecule has 2 aromatic carbocycles. The van der Waals surface area contributed by atoms with E-state index in [2.05, 4.69) is 24.3 Å². The molecule has 2 aromatic rings. The fraction of sp³-hybridized carbons (Fsp3) is 0.278. The van der Waals surface area contributed by atoms with Gasteiger partial charge in [0.1, 0.15) is 0 Å². The van der Waals surface area contributed by atoms with Gasteiger partial charge in [-0.2, -0.15) is 0 Å². The largest absolute Gasteiger partial charge is 0.454 e. The first-order chi connectivity index (χ1) is 10.8. The Kier molecular flexibility index (Phi) is 2.34. The summed E-state index contributed by atoms with van der Waals surface area (Å²) in [5, 5.41) is 0. The van der Waals surface area contributed by atoms with E-state index in [-0.39, 0.29) is 18.7 Å². The number of hydrogen-bond donors (Lipinski definition) is 0. The monoisotopic (exact) mass is 293 g/mol. The fourth-order valence-corrected chi connectivity index (χ4v) is 3.83. The molecule has 0 N–H and O–H groups in total. The minimum atomic E-state index is 0.110. The van der Waals surface area contributed by atoms with Crippen molar-refractivity contribution in [3.8, 4) is 11.5 Å². The number of rotatable bonds is 0. The molecule has 3 aliphatic heterocycles. The summed E-state index contributed by atoms with van der Waals surface area (Å²) < 4.78 is 10.9. The molecule has 0 bridgehead atoms. The third-order valence-electron chi connectivity index (χ3n) is 4.92. The first-order valence-corrected chi connectivity index (χ1v) is 7.62. The lowest BCUT2D eigenvalue weighted by molar-refractivity contribution is 0.0631. The molecule has 0 aromatic heterocycles. The number of ether oxygens (including phenoxy) is 2. The maximum Gasteiger partial charge on any atom is 0.254 e. The van der Waals surface area contributed by atoms with E-state index in [4.69, 9.17) is 9.47 Å². The van der Waals surface area contributed by atoms with Gasteiger partial charge in [-0.3, -0.25) is 4.79 Å². The number of carbonyl (C=O) groups excluding carboxylic acids is 1. The third kappa shape index (κ3) is 1.55. The molecule has 110 valence electrons. The van der Waals surface area contributed by atoms with Gasteiger partial charge in [0.15, 0.2) is 11.5 Å². The van der Waals surface area contributed by atoms with Gasteiger partial charge in [-0.05, 0) is 41.7 Å². The first-order valence-electron chi connectivity index (χ1n) is 7.62. The molecule has 3 aliphatic rings. The Morgan fingerprint density at radius 2 is 1.86 bits per heavy atom. The molecule has 0 saturated carbocycles. The maximum absolute atomic E-state index is 12.9. The quantitative estimate of drug-likeness (QED) is 0.749. The van der Waals surface area contributed by atoms with E-state index in [0.29, 0.717) is 5.75 Å². The van der Waals surface area contributed by atoms with Crippen LogP contribution in [0.3, 0.4) is 0 Å². The van der Waals surface area contributed by atoms with E-state index >= 15 is 0 Å². The number of carbonyl (C=O) groups is 1. The summed E-state index contributed by atoms with van der Waals surface area (Å²) in [4.78, 5) is 14.9. The van der Waals surface area contributed by atoms with Crippen molar-refractivity contribution in [1.82, 2.24) is 4.90 Å². The van der Waals surface area contributed by atoms with Gasteiger partial charge in [0, 0.05) is 12.1 Å². The molecule has 5 rings (SSSR count). The van der Waals surface area contributed by atoms with Gasteiger partial charge in [-0.25, -0.2) is 0 Å². The molecule has 1 atom stereocenters. The van der Waals surface area contributed by atoms with Crippen LogP contribution in [-0.4, -0.2) is 24.1 Å². The number of amides is 1. The lowest BCUT2D eigenvalue weighted by atomic mass is 9.83. The number of nitrogens with zero attached hydrogens (tertiary/aromatic N) is 1. The highest BCUT2D eigenvalue weighted by atomic mass is 16.7. The van der Waals surface area contributed by atoms with Crippen molar-refractivity contribution in [3.63, 3.8) is 0 Å². The fourth-order valence-electron chi connectivity index (χ4n) is 3.83. The Balaban J connectivity index is 1.65. The van der Waals surface area contributed by atoms with Gasteiger partial charge in [0.2, 0.25) is 6.79 Å². The molecule has 0 saturated heterocycles. The van der Waals surface area contributed by atoms with Crippen LogP contribution in [0.5, 0.6) is 11.5 Å². The summed E-state index contributed by atoms with van der Waals surface area (Å²) in [6, 6.07) is 12.4. The third-order valence-corrected chi connectivity index (χ3v) is 4.92. The molecule has 3 heterocycles. The average molecular weight is 293 g/mol. The highest BCUT2D eigenvalue weighted by Gasteiger charge is 2.37. The smallest absolute Gasteiger partial charge is 0.254 e. The predicted molar refractivity (Wildman–Crippen MR) is 80.2 cm³/mol. The van der Waals surface area contributed by atoms with E-state index in [0.717, 1.165) is 36.3 Å². The standard InChI is InChI=1S/C18H15NO3/c20-18-14-9-17-16(21-10-22-17)8-12(14)7-15-13-4-2-1-3-11(13)5-6-19(15)18/h1-4,8-9,15H,5-7,10H2/t15-/m1/s1. The zero-order valence-corrected chi connectivity index (χ0v) is 12.0. The molecule has 0 aliphatic carbocycles. The lowest BCUT2D eigenvalue weighted by Gasteiger charge is -2.41. The Hall–Kier alpha value is -2.49. The first kappa shape index (κ1) is 12.1. The summed E-state index contributed by atoms with van der Waals surface area (Å²) >= 11 is 0. The van der Waals surface area contributed by atoms with Crippen LogP contribution < -0.4 is 9.47 Å². The topological polar surface area (TPSA) is 38.8 Å². The van der Waals surface area contributed by atoms with E-state index in [1.165, 1.54) is 11.1 Å². The summed E-state index contributed by atoms with van der Waals surface area (Å²) in [6.07, 6.45) is 1.77. The van der Waals surface area contributed by atoms with Crippen molar-refractivity contribution in [1.29, 1.82) is 0 Å². The molecule has 0 spiro atoms. The number of hydrogen-bond acceptors (Lipinski definition) is 3. The summed E-state index contributed by atoms with van der Waals surface area (Å²) in [5.41, 5.74) is 4.47. The van der Waals surface area contributed by atoms with Crippen LogP contribution in [-0.2, 0) is 12.8 Å². The van der Waals surface area contributed by atoms with Gasteiger partial charge in [-0.15, -0.1) is 0 Å². The Morgan fingerprint density at radius 3 is 2.77 bits per heavy atom. The van der Waals surface area contributed by atoms with Gasteiger partial charge in [-0.1, -0.05) is 24.3 Å². The highest BCUT2D eigenvalue weighted by Crippen LogP contribution is 2.42. The van der Waals surface area contributed by atoms with Crippen molar-refractivity contribution in [2.45, 2.75) is 18.9 Å². The van der Waals surface area contributed by atoms with Crippen LogP contribution in [0.2, 0.25) is 0 Å². The van der Waals surface area contributed by atoms with Crippen LogP contribution in [0.15, 0.2) is 36.4 Å². The Morgan fingerprint density at radius 1 is 1.05 bits per heavy atom. The van der Waals surface area contributed by atoms with Crippen LogP contribution in [0, 0.1) is 0 Å². The second kappa shape index (κ2) is 4.26. The number of fused-ring (bicyclic) bond motifs is 5. The van der Waals surface area contributed by atoms with Gasteiger partial charge >= 0.3 is 0 Å². The van der Waals surface area contributed by atoms with E-state index in [1.807, 2.05) is 17.0 Å². The molecule has 4 nitrogen and oxygen atoms in total. The van der Waals surface area contributed by atoms with E-state index in [9.17, 15) is 4.79 Å². The molecule has 0 radical (unpaired) electrons. The highest BCUT2D eigenvalue weighted by molar-refractivity contribution is 5.98. The van der Waals surface area contributed by atoms with Crippen molar-refractivity contribution < 1.29 is 14.3 Å². The molecular formula is C18H15NO3. The molecule has 0 fully saturated rings. The van der Waals surface area contributed by atoms with E-state index < -0.39 is 0 Å². The Labute approximate surface area is 128 Å². The van der Waals surface area contributed by atoms with Crippen LogP contribution in [0.25, 0.3) is 0 Å². The second-order valence-electron chi connectivity index (χ2n) is 6.03. The van der Waals surface area contributed by atoms with Gasteiger partial charge in [0.25, 0.3) is 5.91 Å². The van der Waals surface area contributed by atoms with E-state index in [1.54, 1.807) is 0 Å². The predicted octanol–water partition coefficient (Wildman–Crippen LogP) is 2.71. The summed E-state index contributed by atoms with van der Waals surface area (Å²) in [5.74, 6) is 1.55.